The van der Waals surface area contributed by atoms with Crippen LogP contribution in [0.3, 0.4) is 0 Å². The van der Waals surface area contributed by atoms with Gasteiger partial charge in [-0.15, -0.1) is 0 Å². The molecule has 0 aliphatic rings. The van der Waals surface area contributed by atoms with Crippen molar-refractivity contribution in [2.24, 2.45) is 0 Å². The summed E-state index contributed by atoms with van der Waals surface area (Å²) in [4.78, 5) is 16.1. The van der Waals surface area contributed by atoms with Crippen LogP contribution in [0.2, 0.25) is 5.02 Å². The van der Waals surface area contributed by atoms with Gasteiger partial charge in [-0.05, 0) is 36.8 Å². The van der Waals surface area contributed by atoms with Gasteiger partial charge < -0.3 is 5.11 Å². The lowest BCUT2D eigenvalue weighted by Crippen LogP contribution is -2.07. The quantitative estimate of drug-likeness (QED) is 0.645. The third-order valence-corrected chi connectivity index (χ3v) is 4.20. The largest absolute Gasteiger partial charge is 0.478 e. The van der Waals surface area contributed by atoms with Crippen molar-refractivity contribution in [1.29, 1.82) is 0 Å². The second-order valence-electron chi connectivity index (χ2n) is 5.48. The Kier molecular flexibility index (Phi) is 4.16. The highest BCUT2D eigenvalue weighted by Crippen LogP contribution is 2.36. The molecular formula is C18H11ClF3NO2. The van der Waals surface area contributed by atoms with E-state index in [1.165, 1.54) is 19.1 Å². The van der Waals surface area contributed by atoms with Crippen LogP contribution in [0, 0.1) is 6.92 Å². The summed E-state index contributed by atoms with van der Waals surface area (Å²) in [5.41, 5.74) is 0.0441. The van der Waals surface area contributed by atoms with Gasteiger partial charge in [-0.25, -0.2) is 9.78 Å². The fraction of sp³-hybridized carbons (Fsp3) is 0.111. The van der Waals surface area contributed by atoms with Gasteiger partial charge in [0.1, 0.15) is 0 Å². The molecule has 0 unspecified atom stereocenters. The third kappa shape index (κ3) is 3.05. The standard InChI is InChI=1S/C18H11ClF3NO2/c1-9-14(17(24)25)15-12(19)6-3-7-13(15)23-16(9)10-4-2-5-11(8-10)18(20,21)22/h2-8H,1H3,(H,24,25). The summed E-state index contributed by atoms with van der Waals surface area (Å²) in [6.07, 6.45) is -4.50. The van der Waals surface area contributed by atoms with Crippen LogP contribution in [0.25, 0.3) is 22.2 Å². The van der Waals surface area contributed by atoms with Crippen LogP contribution in [-0.4, -0.2) is 16.1 Å². The Morgan fingerprint density at radius 1 is 1.16 bits per heavy atom. The Morgan fingerprint density at radius 3 is 2.48 bits per heavy atom. The molecule has 0 atom stereocenters. The number of hydrogen-bond acceptors (Lipinski definition) is 2. The number of hydrogen-bond donors (Lipinski definition) is 1. The summed E-state index contributed by atoms with van der Waals surface area (Å²) < 4.78 is 38.9. The van der Waals surface area contributed by atoms with Gasteiger partial charge in [0, 0.05) is 10.9 Å². The fourth-order valence-corrected chi connectivity index (χ4v) is 3.02. The predicted molar refractivity (Wildman–Crippen MR) is 88.9 cm³/mol. The van der Waals surface area contributed by atoms with Crippen LogP contribution in [0.4, 0.5) is 13.2 Å². The molecule has 7 heteroatoms. The Bertz CT molecular complexity index is 1000. The third-order valence-electron chi connectivity index (χ3n) is 3.88. The first kappa shape index (κ1) is 17.2. The minimum atomic E-state index is -4.50. The summed E-state index contributed by atoms with van der Waals surface area (Å²) in [6.45, 7) is 1.51. The monoisotopic (exact) mass is 365 g/mol. The van der Waals surface area contributed by atoms with Crippen molar-refractivity contribution < 1.29 is 23.1 Å². The number of carboxylic acids is 1. The summed E-state index contributed by atoms with van der Waals surface area (Å²) in [6, 6.07) is 9.36. The predicted octanol–water partition coefficient (Wildman–Crippen LogP) is 5.58. The normalized spacial score (nSPS) is 11.7. The summed E-state index contributed by atoms with van der Waals surface area (Å²) >= 11 is 6.11. The Labute approximate surface area is 145 Å². The summed E-state index contributed by atoms with van der Waals surface area (Å²) in [7, 11) is 0. The van der Waals surface area contributed by atoms with Crippen molar-refractivity contribution >= 4 is 28.5 Å². The lowest BCUT2D eigenvalue weighted by atomic mass is 9.97. The first-order valence-electron chi connectivity index (χ1n) is 7.20. The zero-order valence-corrected chi connectivity index (χ0v) is 13.6. The van der Waals surface area contributed by atoms with Crippen molar-refractivity contribution in [2.45, 2.75) is 13.1 Å². The molecule has 0 spiro atoms. The number of carboxylic acid groups (broad SMARTS) is 1. The van der Waals surface area contributed by atoms with E-state index < -0.39 is 17.7 Å². The number of halogens is 4. The number of alkyl halides is 3. The van der Waals surface area contributed by atoms with E-state index >= 15 is 0 Å². The van der Waals surface area contributed by atoms with E-state index in [0.29, 0.717) is 5.52 Å². The minimum absolute atomic E-state index is 0.0667. The van der Waals surface area contributed by atoms with Crippen molar-refractivity contribution in [3.05, 3.63) is 64.2 Å². The van der Waals surface area contributed by atoms with Gasteiger partial charge in [-0.2, -0.15) is 13.2 Å². The zero-order valence-electron chi connectivity index (χ0n) is 12.9. The Hall–Kier alpha value is -2.60. The number of pyridine rings is 1. The first-order chi connectivity index (χ1) is 11.7. The molecule has 1 heterocycles. The molecule has 0 amide bonds. The molecule has 0 fully saturated rings. The zero-order chi connectivity index (χ0) is 18.4. The van der Waals surface area contributed by atoms with Gasteiger partial charge in [-0.3, -0.25) is 0 Å². The first-order valence-corrected chi connectivity index (χ1v) is 7.57. The maximum Gasteiger partial charge on any atom is 0.416 e. The van der Waals surface area contributed by atoms with E-state index in [0.717, 1.165) is 12.1 Å². The average molecular weight is 366 g/mol. The molecule has 0 bridgehead atoms. The average Bonchev–Trinajstić information content (AvgIpc) is 2.54. The summed E-state index contributed by atoms with van der Waals surface area (Å²) in [5, 5.41) is 10.1. The van der Waals surface area contributed by atoms with E-state index in [2.05, 4.69) is 4.98 Å². The van der Waals surface area contributed by atoms with Crippen LogP contribution in [0.5, 0.6) is 0 Å². The molecule has 0 aliphatic carbocycles. The van der Waals surface area contributed by atoms with Gasteiger partial charge in [0.2, 0.25) is 0 Å². The smallest absolute Gasteiger partial charge is 0.416 e. The number of nitrogens with zero attached hydrogens (tertiary/aromatic N) is 1. The number of fused-ring (bicyclic) bond motifs is 1. The molecule has 0 radical (unpaired) electrons. The van der Waals surface area contributed by atoms with Crippen LogP contribution >= 0.6 is 11.6 Å². The highest BCUT2D eigenvalue weighted by atomic mass is 35.5. The van der Waals surface area contributed by atoms with E-state index in [-0.39, 0.29) is 32.8 Å². The highest BCUT2D eigenvalue weighted by molar-refractivity contribution is 6.36. The van der Waals surface area contributed by atoms with Crippen LogP contribution in [0.15, 0.2) is 42.5 Å². The molecule has 3 aromatic rings. The molecule has 128 valence electrons. The number of aromatic carboxylic acids is 1. The number of aromatic nitrogens is 1. The van der Waals surface area contributed by atoms with E-state index in [1.807, 2.05) is 0 Å². The minimum Gasteiger partial charge on any atom is -0.478 e. The van der Waals surface area contributed by atoms with Crippen molar-refractivity contribution in [2.75, 3.05) is 0 Å². The van der Waals surface area contributed by atoms with Gasteiger partial charge in [0.25, 0.3) is 0 Å². The molecule has 0 saturated heterocycles. The van der Waals surface area contributed by atoms with Crippen molar-refractivity contribution in [3.8, 4) is 11.3 Å². The number of benzene rings is 2. The number of carbonyl (C=O) groups is 1. The molecule has 0 saturated carbocycles. The van der Waals surface area contributed by atoms with Gasteiger partial charge in [0.05, 0.1) is 27.4 Å². The topological polar surface area (TPSA) is 50.2 Å². The Morgan fingerprint density at radius 2 is 1.84 bits per heavy atom. The molecule has 2 aromatic carbocycles. The Balaban J connectivity index is 2.35. The second-order valence-corrected chi connectivity index (χ2v) is 5.89. The van der Waals surface area contributed by atoms with Crippen LogP contribution in [0.1, 0.15) is 21.5 Å². The van der Waals surface area contributed by atoms with Crippen molar-refractivity contribution in [3.63, 3.8) is 0 Å². The van der Waals surface area contributed by atoms with Crippen molar-refractivity contribution in [1.82, 2.24) is 4.98 Å². The lowest BCUT2D eigenvalue weighted by molar-refractivity contribution is -0.137. The van der Waals surface area contributed by atoms with Gasteiger partial charge in [-0.1, -0.05) is 29.8 Å². The van der Waals surface area contributed by atoms with E-state index in [1.54, 1.807) is 18.2 Å². The van der Waals surface area contributed by atoms with E-state index in [4.69, 9.17) is 11.6 Å². The number of rotatable bonds is 2. The van der Waals surface area contributed by atoms with E-state index in [9.17, 15) is 23.1 Å². The second kappa shape index (κ2) is 6.04. The molecule has 0 aliphatic heterocycles. The van der Waals surface area contributed by atoms with Gasteiger partial charge >= 0.3 is 12.1 Å². The van der Waals surface area contributed by atoms with Crippen LogP contribution < -0.4 is 0 Å². The maximum atomic E-state index is 13.0. The summed E-state index contributed by atoms with van der Waals surface area (Å²) in [5.74, 6) is -1.22. The molecule has 3 rings (SSSR count). The molecule has 1 aromatic heterocycles. The van der Waals surface area contributed by atoms with Crippen LogP contribution in [-0.2, 0) is 6.18 Å². The highest BCUT2D eigenvalue weighted by Gasteiger charge is 2.31. The molecule has 25 heavy (non-hydrogen) atoms. The SMILES string of the molecule is Cc1c(-c2cccc(C(F)(F)F)c2)nc2cccc(Cl)c2c1C(=O)O. The molecule has 1 N–H and O–H groups in total. The fourth-order valence-electron chi connectivity index (χ4n) is 2.75. The lowest BCUT2D eigenvalue weighted by Gasteiger charge is -2.14. The maximum absolute atomic E-state index is 13.0. The molecule has 3 nitrogen and oxygen atoms in total. The van der Waals surface area contributed by atoms with Gasteiger partial charge in [0.15, 0.2) is 0 Å². The molecular weight excluding hydrogens is 355 g/mol.